The maximum Gasteiger partial charge on any atom is 0.191 e. The van der Waals surface area contributed by atoms with E-state index in [0.717, 1.165) is 24.2 Å². The SMILES string of the molecule is CN=C(NCC(c1ccc(OC)cc1)N(C)C)NC1CC1C.I. The van der Waals surface area contributed by atoms with Crippen LogP contribution < -0.4 is 15.4 Å². The molecule has 0 aliphatic heterocycles. The van der Waals surface area contributed by atoms with Crippen LogP contribution in [0.4, 0.5) is 0 Å². The van der Waals surface area contributed by atoms with Gasteiger partial charge in [0.1, 0.15) is 5.75 Å². The Kier molecular flexibility index (Phi) is 8.11. The molecule has 1 aliphatic rings. The van der Waals surface area contributed by atoms with Gasteiger partial charge in [-0.3, -0.25) is 4.99 Å². The second kappa shape index (κ2) is 9.32. The fraction of sp³-hybridized carbons (Fsp3) is 0.588. The van der Waals surface area contributed by atoms with Crippen molar-refractivity contribution in [1.82, 2.24) is 15.5 Å². The smallest absolute Gasteiger partial charge is 0.191 e. The maximum atomic E-state index is 5.23. The van der Waals surface area contributed by atoms with Gasteiger partial charge in [0.15, 0.2) is 5.96 Å². The summed E-state index contributed by atoms with van der Waals surface area (Å²) in [6, 6.07) is 9.09. The number of guanidine groups is 1. The van der Waals surface area contributed by atoms with E-state index in [1.165, 1.54) is 12.0 Å². The van der Waals surface area contributed by atoms with Crippen LogP contribution in [0.1, 0.15) is 24.9 Å². The van der Waals surface area contributed by atoms with Gasteiger partial charge >= 0.3 is 0 Å². The number of likely N-dealkylation sites (N-methyl/N-ethyl adjacent to an activating group) is 1. The van der Waals surface area contributed by atoms with Gasteiger partial charge < -0.3 is 20.3 Å². The summed E-state index contributed by atoms with van der Waals surface area (Å²) in [6.45, 7) is 3.06. The molecule has 3 atom stereocenters. The predicted octanol–water partition coefficient (Wildman–Crippen LogP) is 2.49. The lowest BCUT2D eigenvalue weighted by Crippen LogP contribution is -2.42. The van der Waals surface area contributed by atoms with Crippen LogP contribution in [-0.4, -0.2) is 51.7 Å². The number of rotatable bonds is 6. The highest BCUT2D eigenvalue weighted by molar-refractivity contribution is 14.0. The molecule has 2 rings (SSSR count). The van der Waals surface area contributed by atoms with Crippen molar-refractivity contribution in [2.45, 2.75) is 25.4 Å². The highest BCUT2D eigenvalue weighted by Gasteiger charge is 2.33. The first-order valence-corrected chi connectivity index (χ1v) is 7.82. The van der Waals surface area contributed by atoms with Gasteiger partial charge in [-0.1, -0.05) is 19.1 Å². The number of methoxy groups -OCH3 is 1. The Morgan fingerprint density at radius 2 is 1.96 bits per heavy atom. The summed E-state index contributed by atoms with van der Waals surface area (Å²) in [4.78, 5) is 6.52. The largest absolute Gasteiger partial charge is 0.497 e. The number of halogens is 1. The molecular weight excluding hydrogens is 403 g/mol. The minimum atomic E-state index is 0. The van der Waals surface area contributed by atoms with Crippen molar-refractivity contribution in [3.05, 3.63) is 29.8 Å². The van der Waals surface area contributed by atoms with Crippen molar-refractivity contribution in [2.75, 3.05) is 34.8 Å². The van der Waals surface area contributed by atoms with Gasteiger partial charge in [-0.2, -0.15) is 0 Å². The van der Waals surface area contributed by atoms with Crippen molar-refractivity contribution < 1.29 is 4.74 Å². The Morgan fingerprint density at radius 1 is 1.35 bits per heavy atom. The molecule has 1 aliphatic carbocycles. The molecule has 1 aromatic carbocycles. The lowest BCUT2D eigenvalue weighted by Gasteiger charge is -2.26. The zero-order valence-corrected chi connectivity index (χ0v) is 17.0. The van der Waals surface area contributed by atoms with E-state index < -0.39 is 0 Å². The van der Waals surface area contributed by atoms with Crippen molar-refractivity contribution in [3.8, 4) is 5.75 Å². The summed E-state index contributed by atoms with van der Waals surface area (Å²) in [7, 11) is 7.69. The Hall–Kier alpha value is -1.02. The zero-order chi connectivity index (χ0) is 16.1. The standard InChI is InChI=1S/C17H28N4O.HI/c1-12-10-15(12)20-17(18-2)19-11-16(21(3)4)13-6-8-14(22-5)9-7-13;/h6-9,12,15-16H,10-11H2,1-5H3,(H2,18,19,20);1H. The van der Waals surface area contributed by atoms with Crippen LogP contribution in [0, 0.1) is 5.92 Å². The lowest BCUT2D eigenvalue weighted by atomic mass is 10.1. The van der Waals surface area contributed by atoms with Crippen molar-refractivity contribution in [1.29, 1.82) is 0 Å². The van der Waals surface area contributed by atoms with Crippen LogP contribution in [0.3, 0.4) is 0 Å². The van der Waals surface area contributed by atoms with E-state index >= 15 is 0 Å². The molecule has 1 saturated carbocycles. The van der Waals surface area contributed by atoms with Crippen molar-refractivity contribution >= 4 is 29.9 Å². The normalized spacial score (nSPS) is 21.4. The van der Waals surface area contributed by atoms with Gasteiger partial charge in [0.2, 0.25) is 0 Å². The van der Waals surface area contributed by atoms with Crippen LogP contribution in [0.5, 0.6) is 5.75 Å². The van der Waals surface area contributed by atoms with Gasteiger partial charge in [0, 0.05) is 19.6 Å². The van der Waals surface area contributed by atoms with E-state index in [1.807, 2.05) is 19.2 Å². The summed E-state index contributed by atoms with van der Waals surface area (Å²) in [5, 5.41) is 6.89. The predicted molar refractivity (Wildman–Crippen MR) is 107 cm³/mol. The van der Waals surface area contributed by atoms with E-state index in [9.17, 15) is 0 Å². The second-order valence-electron chi connectivity index (χ2n) is 6.17. The highest BCUT2D eigenvalue weighted by Crippen LogP contribution is 2.28. The third kappa shape index (κ3) is 5.84. The fourth-order valence-corrected chi connectivity index (χ4v) is 2.51. The number of benzene rings is 1. The molecule has 0 heterocycles. The van der Waals surface area contributed by atoms with Gasteiger partial charge in [-0.05, 0) is 44.1 Å². The van der Waals surface area contributed by atoms with Gasteiger partial charge in [-0.25, -0.2) is 0 Å². The summed E-state index contributed by atoms with van der Waals surface area (Å²) in [5.41, 5.74) is 1.26. The van der Waals surface area contributed by atoms with Gasteiger partial charge in [-0.15, -0.1) is 24.0 Å². The summed E-state index contributed by atoms with van der Waals surface area (Å²) < 4.78 is 5.23. The minimum Gasteiger partial charge on any atom is -0.497 e. The average Bonchev–Trinajstić information content (AvgIpc) is 3.21. The molecule has 6 heteroatoms. The molecule has 5 nitrogen and oxygen atoms in total. The molecule has 0 saturated heterocycles. The Bertz CT molecular complexity index is 504. The molecule has 1 fully saturated rings. The van der Waals surface area contributed by atoms with E-state index in [1.54, 1.807) is 7.11 Å². The highest BCUT2D eigenvalue weighted by atomic mass is 127. The van der Waals surface area contributed by atoms with Crippen LogP contribution in [-0.2, 0) is 0 Å². The molecule has 0 amide bonds. The zero-order valence-electron chi connectivity index (χ0n) is 14.7. The summed E-state index contributed by atoms with van der Waals surface area (Å²) in [6.07, 6.45) is 1.23. The first-order chi connectivity index (χ1) is 10.5. The number of hydrogen-bond donors (Lipinski definition) is 2. The molecule has 3 unspecified atom stereocenters. The Balaban J connectivity index is 0.00000264. The monoisotopic (exact) mass is 432 g/mol. The average molecular weight is 432 g/mol. The van der Waals surface area contributed by atoms with Crippen molar-refractivity contribution in [3.63, 3.8) is 0 Å². The van der Waals surface area contributed by atoms with Crippen LogP contribution >= 0.6 is 24.0 Å². The third-order valence-corrected chi connectivity index (χ3v) is 4.24. The topological polar surface area (TPSA) is 48.9 Å². The van der Waals surface area contributed by atoms with E-state index in [4.69, 9.17) is 4.74 Å². The number of nitrogens with one attached hydrogen (secondary N) is 2. The Morgan fingerprint density at radius 3 is 2.39 bits per heavy atom. The first-order valence-electron chi connectivity index (χ1n) is 7.82. The Labute approximate surface area is 156 Å². The van der Waals surface area contributed by atoms with E-state index in [-0.39, 0.29) is 30.0 Å². The molecule has 0 spiro atoms. The number of aliphatic imine (C=N–C) groups is 1. The molecule has 0 bridgehead atoms. The molecule has 1 aromatic rings. The number of hydrogen-bond acceptors (Lipinski definition) is 3. The second-order valence-corrected chi connectivity index (χ2v) is 6.17. The molecule has 2 N–H and O–H groups in total. The lowest BCUT2D eigenvalue weighted by molar-refractivity contribution is 0.298. The number of ether oxygens (including phenoxy) is 1. The van der Waals surface area contributed by atoms with Crippen LogP contribution in [0.15, 0.2) is 29.3 Å². The fourth-order valence-electron chi connectivity index (χ4n) is 2.51. The first kappa shape index (κ1) is 20.0. The molecule has 0 aromatic heterocycles. The van der Waals surface area contributed by atoms with Crippen LogP contribution in [0.2, 0.25) is 0 Å². The van der Waals surface area contributed by atoms with Crippen LogP contribution in [0.25, 0.3) is 0 Å². The molecule has 23 heavy (non-hydrogen) atoms. The van der Waals surface area contributed by atoms with Crippen molar-refractivity contribution in [2.24, 2.45) is 10.9 Å². The van der Waals surface area contributed by atoms with Gasteiger partial charge in [0.25, 0.3) is 0 Å². The summed E-state index contributed by atoms with van der Waals surface area (Å²) in [5.74, 6) is 2.52. The van der Waals surface area contributed by atoms with E-state index in [2.05, 4.69) is 53.7 Å². The third-order valence-electron chi connectivity index (χ3n) is 4.24. The molecular formula is C17H29IN4O. The maximum absolute atomic E-state index is 5.23. The summed E-state index contributed by atoms with van der Waals surface area (Å²) >= 11 is 0. The van der Waals surface area contributed by atoms with E-state index in [0.29, 0.717) is 6.04 Å². The molecule has 0 radical (unpaired) electrons. The quantitative estimate of drug-likeness (QED) is 0.412. The van der Waals surface area contributed by atoms with Gasteiger partial charge in [0.05, 0.1) is 13.2 Å². The minimum absolute atomic E-state index is 0. The molecule has 130 valence electrons. The number of nitrogens with zero attached hydrogens (tertiary/aromatic N) is 2.